The van der Waals surface area contributed by atoms with Gasteiger partial charge >= 0.3 is 0 Å². The number of amides is 1. The second-order valence-electron chi connectivity index (χ2n) is 11.2. The summed E-state index contributed by atoms with van der Waals surface area (Å²) in [4.78, 5) is 28.2. The SMILES string of the molecule is O=C(C1CCN(C2CCN(S(=O)(=O)c3ccc([N+](=O)[O-])cc3)CC2)CC1)N1CCC(Cc2ccccc2)CC1. The summed E-state index contributed by atoms with van der Waals surface area (Å²) < 4.78 is 27.6. The van der Waals surface area contributed by atoms with E-state index in [9.17, 15) is 23.3 Å². The van der Waals surface area contributed by atoms with E-state index in [1.54, 1.807) is 0 Å². The van der Waals surface area contributed by atoms with Crippen molar-refractivity contribution in [3.05, 3.63) is 70.3 Å². The lowest BCUT2D eigenvalue weighted by Gasteiger charge is -2.42. The highest BCUT2D eigenvalue weighted by molar-refractivity contribution is 7.89. The maximum atomic E-state index is 13.2. The smallest absolute Gasteiger partial charge is 0.269 e. The highest BCUT2D eigenvalue weighted by Crippen LogP contribution is 2.29. The molecule has 0 unspecified atom stereocenters. The summed E-state index contributed by atoms with van der Waals surface area (Å²) in [5.41, 5.74) is 1.26. The predicted molar refractivity (Wildman–Crippen MR) is 149 cm³/mol. The van der Waals surface area contributed by atoms with Crippen molar-refractivity contribution < 1.29 is 18.1 Å². The van der Waals surface area contributed by atoms with Crippen molar-refractivity contribution in [3.8, 4) is 0 Å². The predicted octanol–water partition coefficient (Wildman–Crippen LogP) is 3.94. The van der Waals surface area contributed by atoms with Crippen molar-refractivity contribution in [1.29, 1.82) is 0 Å². The molecule has 3 aliphatic heterocycles. The fourth-order valence-electron chi connectivity index (χ4n) is 6.41. The number of benzene rings is 2. The van der Waals surface area contributed by atoms with E-state index in [-0.39, 0.29) is 16.5 Å². The zero-order valence-electron chi connectivity index (χ0n) is 22.4. The van der Waals surface area contributed by atoms with E-state index in [0.717, 1.165) is 71.1 Å². The first-order valence-corrected chi connectivity index (χ1v) is 15.6. The van der Waals surface area contributed by atoms with Crippen LogP contribution in [0.5, 0.6) is 0 Å². The number of carbonyl (C=O) groups is 1. The number of likely N-dealkylation sites (tertiary alicyclic amines) is 2. The van der Waals surface area contributed by atoms with Crippen LogP contribution in [-0.4, -0.2) is 78.7 Å². The number of nitrogens with zero attached hydrogens (tertiary/aromatic N) is 4. The highest BCUT2D eigenvalue weighted by Gasteiger charge is 2.36. The van der Waals surface area contributed by atoms with Gasteiger partial charge in [0, 0.05) is 50.3 Å². The maximum Gasteiger partial charge on any atom is 0.269 e. The fourth-order valence-corrected chi connectivity index (χ4v) is 7.88. The molecule has 3 fully saturated rings. The first kappa shape index (κ1) is 27.7. The van der Waals surface area contributed by atoms with Crippen molar-refractivity contribution in [2.75, 3.05) is 39.3 Å². The van der Waals surface area contributed by atoms with Gasteiger partial charge in [-0.25, -0.2) is 8.42 Å². The molecule has 2 aromatic carbocycles. The average molecular weight is 555 g/mol. The van der Waals surface area contributed by atoms with Gasteiger partial charge < -0.3 is 9.80 Å². The van der Waals surface area contributed by atoms with Gasteiger partial charge in [-0.05, 0) is 81.6 Å². The molecule has 2 aromatic rings. The number of non-ortho nitro benzene ring substituents is 1. The third kappa shape index (κ3) is 6.50. The van der Waals surface area contributed by atoms with Crippen LogP contribution in [0.2, 0.25) is 0 Å². The summed E-state index contributed by atoms with van der Waals surface area (Å²) in [7, 11) is -3.67. The molecule has 3 saturated heterocycles. The van der Waals surface area contributed by atoms with Crippen LogP contribution in [-0.2, 0) is 21.2 Å². The van der Waals surface area contributed by atoms with Crippen LogP contribution in [0.25, 0.3) is 0 Å². The molecule has 9 nitrogen and oxygen atoms in total. The molecule has 0 N–H and O–H groups in total. The fraction of sp³-hybridized carbons (Fsp3) is 0.552. The second kappa shape index (κ2) is 12.1. The lowest BCUT2D eigenvalue weighted by Crippen LogP contribution is -2.51. The zero-order valence-corrected chi connectivity index (χ0v) is 23.2. The number of hydrogen-bond acceptors (Lipinski definition) is 6. The van der Waals surface area contributed by atoms with Crippen molar-refractivity contribution in [2.45, 2.75) is 55.9 Å². The number of rotatable bonds is 7. The Morgan fingerprint density at radius 3 is 2.03 bits per heavy atom. The normalized spacial score (nSPS) is 21.2. The Morgan fingerprint density at radius 1 is 0.821 bits per heavy atom. The monoisotopic (exact) mass is 554 g/mol. The van der Waals surface area contributed by atoms with Gasteiger partial charge in [0.1, 0.15) is 0 Å². The molecule has 10 heteroatoms. The minimum absolute atomic E-state index is 0.0922. The van der Waals surface area contributed by atoms with Crippen LogP contribution in [0.15, 0.2) is 59.5 Å². The van der Waals surface area contributed by atoms with Crippen LogP contribution < -0.4 is 0 Å². The molecule has 0 radical (unpaired) electrons. The van der Waals surface area contributed by atoms with E-state index in [2.05, 4.69) is 34.1 Å². The van der Waals surface area contributed by atoms with Gasteiger partial charge in [0.2, 0.25) is 15.9 Å². The third-order valence-corrected chi connectivity index (χ3v) is 10.7. The summed E-state index contributed by atoms with van der Waals surface area (Å²) in [6.45, 7) is 4.33. The Labute approximate surface area is 231 Å². The Kier molecular flexibility index (Phi) is 8.64. The molecule has 0 aliphatic carbocycles. The molecule has 1 amide bonds. The van der Waals surface area contributed by atoms with Gasteiger partial charge in [-0.3, -0.25) is 14.9 Å². The minimum atomic E-state index is -3.67. The molecule has 0 atom stereocenters. The van der Waals surface area contributed by atoms with Crippen LogP contribution in [0.1, 0.15) is 44.1 Å². The van der Waals surface area contributed by atoms with Gasteiger partial charge in [-0.1, -0.05) is 30.3 Å². The van der Waals surface area contributed by atoms with E-state index in [0.29, 0.717) is 31.0 Å². The minimum Gasteiger partial charge on any atom is -0.342 e. The molecule has 3 heterocycles. The molecule has 0 saturated carbocycles. The largest absolute Gasteiger partial charge is 0.342 e. The molecule has 0 spiro atoms. The lowest BCUT2D eigenvalue weighted by atomic mass is 9.88. The Balaban J connectivity index is 1.05. The summed E-state index contributed by atoms with van der Waals surface area (Å²) in [5, 5.41) is 10.9. The van der Waals surface area contributed by atoms with Crippen molar-refractivity contribution >= 4 is 21.6 Å². The number of piperidine rings is 3. The van der Waals surface area contributed by atoms with E-state index < -0.39 is 14.9 Å². The van der Waals surface area contributed by atoms with E-state index in [1.165, 1.54) is 34.1 Å². The van der Waals surface area contributed by atoms with E-state index in [1.807, 2.05) is 6.07 Å². The number of carbonyl (C=O) groups excluding carboxylic acids is 1. The molecule has 0 aromatic heterocycles. The van der Waals surface area contributed by atoms with Crippen molar-refractivity contribution in [3.63, 3.8) is 0 Å². The maximum absolute atomic E-state index is 13.2. The first-order chi connectivity index (χ1) is 18.8. The van der Waals surface area contributed by atoms with Gasteiger partial charge in [0.15, 0.2) is 0 Å². The Bertz CT molecular complexity index is 1230. The molecule has 39 heavy (non-hydrogen) atoms. The van der Waals surface area contributed by atoms with Crippen molar-refractivity contribution in [2.24, 2.45) is 11.8 Å². The molecule has 5 rings (SSSR count). The number of nitro groups is 1. The van der Waals surface area contributed by atoms with Crippen LogP contribution in [0.3, 0.4) is 0 Å². The van der Waals surface area contributed by atoms with Gasteiger partial charge in [-0.15, -0.1) is 0 Å². The second-order valence-corrected chi connectivity index (χ2v) is 13.1. The van der Waals surface area contributed by atoms with Crippen LogP contribution >= 0.6 is 0 Å². The molecular weight excluding hydrogens is 516 g/mol. The first-order valence-electron chi connectivity index (χ1n) is 14.1. The zero-order chi connectivity index (χ0) is 27.4. The van der Waals surface area contributed by atoms with Crippen molar-refractivity contribution in [1.82, 2.24) is 14.1 Å². The molecule has 3 aliphatic rings. The topological polar surface area (TPSA) is 104 Å². The van der Waals surface area contributed by atoms with E-state index in [4.69, 9.17) is 0 Å². The summed E-state index contributed by atoms with van der Waals surface area (Å²) in [5.74, 6) is 1.06. The summed E-state index contributed by atoms with van der Waals surface area (Å²) in [6, 6.07) is 16.0. The summed E-state index contributed by atoms with van der Waals surface area (Å²) >= 11 is 0. The molecule has 0 bridgehead atoms. The Morgan fingerprint density at radius 2 is 1.44 bits per heavy atom. The van der Waals surface area contributed by atoms with Gasteiger partial charge in [0.05, 0.1) is 9.82 Å². The standard InChI is InChI=1S/C29H38N4O5S/c34-29(31-16-10-24(11-17-31)22-23-4-2-1-3-5-23)25-12-18-30(19-13-25)26-14-20-32(21-15-26)39(37,38)28-8-6-27(7-9-28)33(35)36/h1-9,24-26H,10-22H2. The van der Waals surface area contributed by atoms with Crippen LogP contribution in [0, 0.1) is 22.0 Å². The number of nitro benzene ring substituents is 1. The van der Waals surface area contributed by atoms with Crippen LogP contribution in [0.4, 0.5) is 5.69 Å². The number of sulfonamides is 1. The third-order valence-electron chi connectivity index (χ3n) is 8.80. The van der Waals surface area contributed by atoms with Gasteiger partial charge in [0.25, 0.3) is 5.69 Å². The molecule has 210 valence electrons. The highest BCUT2D eigenvalue weighted by atomic mass is 32.2. The average Bonchev–Trinajstić information content (AvgIpc) is 2.98. The molecular formula is C29H38N4O5S. The quantitative estimate of drug-likeness (QED) is 0.379. The van der Waals surface area contributed by atoms with E-state index >= 15 is 0 Å². The number of hydrogen-bond donors (Lipinski definition) is 0. The van der Waals surface area contributed by atoms with Gasteiger partial charge in [-0.2, -0.15) is 4.31 Å². The summed E-state index contributed by atoms with van der Waals surface area (Å²) in [6.07, 6.45) is 6.46. The Hall–Kier alpha value is -2.82. The lowest BCUT2D eigenvalue weighted by molar-refractivity contribution is -0.384.